The third kappa shape index (κ3) is 3.51. The van der Waals surface area contributed by atoms with Crippen molar-refractivity contribution in [3.05, 3.63) is 29.8 Å². The fourth-order valence-corrected chi connectivity index (χ4v) is 1.04. The number of carbonyl (C=O) groups excluding carboxylic acids is 1. The Labute approximate surface area is 92.6 Å². The summed E-state index contributed by atoms with van der Waals surface area (Å²) >= 11 is 0. The Morgan fingerprint density at radius 2 is 2.06 bits per heavy atom. The molecule has 5 heteroatoms. The molecule has 1 rings (SSSR count). The molecule has 1 aromatic carbocycles. The molecule has 0 bridgehead atoms. The van der Waals surface area contributed by atoms with Gasteiger partial charge in [0.05, 0.1) is 12.7 Å². The van der Waals surface area contributed by atoms with Crippen LogP contribution in [0.25, 0.3) is 0 Å². The molecule has 0 saturated carbocycles. The normalized spacial score (nSPS) is 11.9. The van der Waals surface area contributed by atoms with Crippen LogP contribution in [0.1, 0.15) is 10.4 Å². The van der Waals surface area contributed by atoms with E-state index in [0.29, 0.717) is 11.3 Å². The van der Waals surface area contributed by atoms with Crippen molar-refractivity contribution in [1.82, 2.24) is 0 Å². The smallest absolute Gasteiger partial charge is 0.337 e. The number of esters is 1. The maximum atomic E-state index is 11.9. The van der Waals surface area contributed by atoms with Crippen LogP contribution in [0.15, 0.2) is 24.3 Å². The van der Waals surface area contributed by atoms with Gasteiger partial charge in [0, 0.05) is 0 Å². The van der Waals surface area contributed by atoms with E-state index in [9.17, 15) is 9.18 Å². The highest BCUT2D eigenvalue weighted by molar-refractivity contribution is 5.89. The van der Waals surface area contributed by atoms with Gasteiger partial charge in [0.15, 0.2) is 0 Å². The van der Waals surface area contributed by atoms with E-state index in [-0.39, 0.29) is 6.61 Å². The Bertz CT molecular complexity index is 336. The van der Waals surface area contributed by atoms with Gasteiger partial charge in [0.1, 0.15) is 25.1 Å². The Morgan fingerprint density at radius 3 is 2.56 bits per heavy atom. The fourth-order valence-electron chi connectivity index (χ4n) is 1.04. The van der Waals surface area contributed by atoms with Gasteiger partial charge < -0.3 is 14.6 Å². The SMILES string of the molecule is COC(=O)c1ccc(OC[C@@H](O)CF)cc1. The Hall–Kier alpha value is -1.62. The number of hydrogen-bond donors (Lipinski definition) is 1. The molecule has 16 heavy (non-hydrogen) atoms. The second-order valence-corrected chi connectivity index (χ2v) is 3.14. The summed E-state index contributed by atoms with van der Waals surface area (Å²) in [5.41, 5.74) is 0.404. The van der Waals surface area contributed by atoms with E-state index in [4.69, 9.17) is 9.84 Å². The number of hydrogen-bond acceptors (Lipinski definition) is 4. The second kappa shape index (κ2) is 6.07. The molecule has 0 aliphatic rings. The number of halogens is 1. The fraction of sp³-hybridized carbons (Fsp3) is 0.364. The largest absolute Gasteiger partial charge is 0.491 e. The summed E-state index contributed by atoms with van der Waals surface area (Å²) in [6.45, 7) is -0.964. The van der Waals surface area contributed by atoms with Crippen LogP contribution >= 0.6 is 0 Å². The van der Waals surface area contributed by atoms with Crippen LogP contribution in [-0.4, -0.2) is 37.6 Å². The first-order chi connectivity index (χ1) is 7.67. The maximum absolute atomic E-state index is 11.9. The number of alkyl halides is 1. The minimum atomic E-state index is -1.12. The van der Waals surface area contributed by atoms with Crippen molar-refractivity contribution in [2.45, 2.75) is 6.10 Å². The predicted molar refractivity (Wildman–Crippen MR) is 55.3 cm³/mol. The quantitative estimate of drug-likeness (QED) is 0.769. The van der Waals surface area contributed by atoms with Crippen LogP contribution in [0.2, 0.25) is 0 Å². The number of aliphatic hydroxyl groups is 1. The van der Waals surface area contributed by atoms with E-state index < -0.39 is 18.7 Å². The summed E-state index contributed by atoms with van der Waals surface area (Å²) in [5.74, 6) is 0.0236. The number of ether oxygens (including phenoxy) is 2. The van der Waals surface area contributed by atoms with Crippen LogP contribution < -0.4 is 4.74 Å². The van der Waals surface area contributed by atoms with E-state index in [2.05, 4.69) is 4.74 Å². The van der Waals surface area contributed by atoms with Crippen LogP contribution in [0.4, 0.5) is 4.39 Å². The molecule has 0 spiro atoms. The van der Waals surface area contributed by atoms with Gasteiger partial charge in [-0.1, -0.05) is 0 Å². The molecular formula is C11H13FO4. The van der Waals surface area contributed by atoms with Crippen molar-refractivity contribution in [3.8, 4) is 5.75 Å². The van der Waals surface area contributed by atoms with Gasteiger partial charge in [-0.25, -0.2) is 9.18 Å². The molecule has 1 N–H and O–H groups in total. The minimum Gasteiger partial charge on any atom is -0.491 e. The van der Waals surface area contributed by atoms with Crippen LogP contribution in [0.3, 0.4) is 0 Å². The van der Waals surface area contributed by atoms with E-state index in [1.54, 1.807) is 12.1 Å². The Balaban J connectivity index is 2.54. The first-order valence-corrected chi connectivity index (χ1v) is 4.72. The summed E-state index contributed by atoms with van der Waals surface area (Å²) in [7, 11) is 1.30. The zero-order valence-electron chi connectivity index (χ0n) is 8.85. The molecule has 0 unspecified atom stereocenters. The molecule has 88 valence electrons. The molecular weight excluding hydrogens is 215 g/mol. The predicted octanol–water partition coefficient (Wildman–Crippen LogP) is 1.18. The van der Waals surface area contributed by atoms with Gasteiger partial charge in [-0.15, -0.1) is 0 Å². The van der Waals surface area contributed by atoms with Gasteiger partial charge in [-0.2, -0.15) is 0 Å². The molecule has 0 amide bonds. The number of benzene rings is 1. The highest BCUT2D eigenvalue weighted by Gasteiger charge is 2.06. The molecule has 1 aromatic rings. The van der Waals surface area contributed by atoms with E-state index in [1.807, 2.05) is 0 Å². The van der Waals surface area contributed by atoms with Crippen molar-refractivity contribution in [3.63, 3.8) is 0 Å². The summed E-state index contributed by atoms with van der Waals surface area (Å²) in [6, 6.07) is 6.17. The van der Waals surface area contributed by atoms with Crippen LogP contribution in [0.5, 0.6) is 5.75 Å². The average molecular weight is 228 g/mol. The van der Waals surface area contributed by atoms with Crippen LogP contribution in [0, 0.1) is 0 Å². The molecule has 0 fully saturated rings. The maximum Gasteiger partial charge on any atom is 0.337 e. The molecule has 0 aromatic heterocycles. The Morgan fingerprint density at radius 1 is 1.44 bits per heavy atom. The standard InChI is InChI=1S/C11H13FO4/c1-15-11(14)8-2-4-10(5-3-8)16-7-9(13)6-12/h2-5,9,13H,6-7H2,1H3/t9-/m0/s1. The third-order valence-corrected chi connectivity index (χ3v) is 1.90. The zero-order chi connectivity index (χ0) is 12.0. The van der Waals surface area contributed by atoms with Gasteiger partial charge in [-0.05, 0) is 24.3 Å². The lowest BCUT2D eigenvalue weighted by atomic mass is 10.2. The van der Waals surface area contributed by atoms with Gasteiger partial charge >= 0.3 is 5.97 Å². The second-order valence-electron chi connectivity index (χ2n) is 3.14. The van der Waals surface area contributed by atoms with Crippen molar-refractivity contribution in [2.24, 2.45) is 0 Å². The first kappa shape index (κ1) is 12.4. The summed E-state index contributed by atoms with van der Waals surface area (Å²) < 4.78 is 21.5. The summed E-state index contributed by atoms with van der Waals surface area (Å²) in [4.78, 5) is 11.1. The molecule has 0 heterocycles. The van der Waals surface area contributed by atoms with E-state index >= 15 is 0 Å². The molecule has 0 radical (unpaired) electrons. The first-order valence-electron chi connectivity index (χ1n) is 4.72. The average Bonchev–Trinajstić information content (AvgIpc) is 2.35. The van der Waals surface area contributed by atoms with Crippen molar-refractivity contribution < 1.29 is 23.8 Å². The van der Waals surface area contributed by atoms with Crippen molar-refractivity contribution in [1.29, 1.82) is 0 Å². The minimum absolute atomic E-state index is 0.117. The molecule has 4 nitrogen and oxygen atoms in total. The topological polar surface area (TPSA) is 55.8 Å². The number of aliphatic hydroxyl groups excluding tert-OH is 1. The van der Waals surface area contributed by atoms with E-state index in [0.717, 1.165) is 0 Å². The van der Waals surface area contributed by atoms with Crippen LogP contribution in [-0.2, 0) is 4.74 Å². The lowest BCUT2D eigenvalue weighted by Crippen LogP contribution is -2.19. The molecule has 0 saturated heterocycles. The Kier molecular flexibility index (Phi) is 4.72. The summed E-state index contributed by atoms with van der Waals surface area (Å²) in [5, 5.41) is 8.93. The number of rotatable bonds is 5. The van der Waals surface area contributed by atoms with Gasteiger partial charge in [0.25, 0.3) is 0 Å². The molecule has 0 aliphatic heterocycles. The highest BCUT2D eigenvalue weighted by atomic mass is 19.1. The third-order valence-electron chi connectivity index (χ3n) is 1.90. The lowest BCUT2D eigenvalue weighted by Gasteiger charge is -2.09. The van der Waals surface area contributed by atoms with Crippen molar-refractivity contribution in [2.75, 3.05) is 20.4 Å². The molecule has 1 atom stereocenters. The van der Waals surface area contributed by atoms with Gasteiger partial charge in [0.2, 0.25) is 0 Å². The van der Waals surface area contributed by atoms with E-state index in [1.165, 1.54) is 19.2 Å². The van der Waals surface area contributed by atoms with Gasteiger partial charge in [-0.3, -0.25) is 0 Å². The molecule has 0 aliphatic carbocycles. The van der Waals surface area contributed by atoms with Crippen molar-refractivity contribution >= 4 is 5.97 Å². The zero-order valence-corrected chi connectivity index (χ0v) is 8.85. The number of carbonyl (C=O) groups is 1. The summed E-state index contributed by atoms with van der Waals surface area (Å²) in [6.07, 6.45) is -1.12. The lowest BCUT2D eigenvalue weighted by molar-refractivity contribution is 0.0600. The highest BCUT2D eigenvalue weighted by Crippen LogP contribution is 2.13. The monoisotopic (exact) mass is 228 g/mol. The number of methoxy groups -OCH3 is 1.